The first kappa shape index (κ1) is 42.8. The molecule has 0 saturated heterocycles. The molecule has 86 valence electrons. The van der Waals surface area contributed by atoms with Crippen molar-refractivity contribution in [1.29, 1.82) is 0 Å². The van der Waals surface area contributed by atoms with E-state index in [0.717, 1.165) is 0 Å². The van der Waals surface area contributed by atoms with Crippen molar-refractivity contribution < 1.29 is 132 Å². The van der Waals surface area contributed by atoms with Crippen molar-refractivity contribution >= 4 is 39.5 Å². The summed E-state index contributed by atoms with van der Waals surface area (Å²) in [6, 6.07) is 0. The molecule has 0 radical (unpaired) electrons. The van der Waals surface area contributed by atoms with Crippen LogP contribution in [0.5, 0.6) is 0 Å². The SMILES string of the molecule is O=CO.O=CO.O=CO.[Na+].[Na+].[Na+].[O]=[Sb]([O-])([O-])[O-]. The number of carboxylic acid groups (broad SMARTS) is 3. The molecule has 0 aliphatic rings. The van der Waals surface area contributed by atoms with E-state index in [1.807, 2.05) is 0 Å². The summed E-state index contributed by atoms with van der Waals surface area (Å²) in [6.07, 6.45) is 0. The molecule has 0 aliphatic carbocycles. The van der Waals surface area contributed by atoms with Gasteiger partial charge in [-0.25, -0.2) is 0 Å². The van der Waals surface area contributed by atoms with Crippen molar-refractivity contribution in [1.82, 2.24) is 0 Å². The van der Waals surface area contributed by atoms with Crippen molar-refractivity contribution in [2.24, 2.45) is 0 Å². The minimum absolute atomic E-state index is 0. The van der Waals surface area contributed by atoms with E-state index in [-0.39, 0.29) is 108 Å². The van der Waals surface area contributed by atoms with E-state index in [1.165, 1.54) is 0 Å². The second-order valence-corrected chi connectivity index (χ2v) is 3.32. The van der Waals surface area contributed by atoms with Crippen LogP contribution in [-0.2, 0) is 17.4 Å². The van der Waals surface area contributed by atoms with Gasteiger partial charge in [0.15, 0.2) is 0 Å². The zero-order chi connectivity index (χ0) is 12.6. The molecule has 0 bridgehead atoms. The molecule has 0 aliphatic heterocycles. The monoisotopic (exact) mass is 392 g/mol. The molecular formula is C3H6Na3O10Sb. The van der Waals surface area contributed by atoms with Gasteiger partial charge in [0.25, 0.3) is 19.4 Å². The summed E-state index contributed by atoms with van der Waals surface area (Å²) in [4.78, 5) is 25.1. The standard InChI is InChI=1S/3CH2O2.3Na.4O.Sb/c3*2-1-3;;;;;;;;/h3*1H,(H,2,3);;;;;;;;/q;;;3*+1;;3*-1;. The molecule has 14 heteroatoms. The summed E-state index contributed by atoms with van der Waals surface area (Å²) in [6.45, 7) is -0.750. The molecule has 0 heterocycles. The second kappa shape index (κ2) is 43.0. The van der Waals surface area contributed by atoms with Gasteiger partial charge in [-0.15, -0.1) is 0 Å². The summed E-state index contributed by atoms with van der Waals surface area (Å²) in [5, 5.41) is 20.7. The Bertz CT molecular complexity index is 148. The van der Waals surface area contributed by atoms with Gasteiger partial charge in [0.05, 0.1) is 0 Å². The van der Waals surface area contributed by atoms with Crippen molar-refractivity contribution in [3.05, 3.63) is 0 Å². The molecule has 0 saturated carbocycles. The second-order valence-electron chi connectivity index (χ2n) is 0.763. The quantitative estimate of drug-likeness (QED) is 0.262. The zero-order valence-corrected chi connectivity index (χ0v) is 17.9. The van der Waals surface area contributed by atoms with Crippen molar-refractivity contribution in [2.45, 2.75) is 0 Å². The predicted molar refractivity (Wildman–Crippen MR) is 32.5 cm³/mol. The van der Waals surface area contributed by atoms with E-state index >= 15 is 0 Å². The van der Waals surface area contributed by atoms with Crippen molar-refractivity contribution in [3.63, 3.8) is 0 Å². The van der Waals surface area contributed by atoms with Crippen molar-refractivity contribution in [3.8, 4) is 0 Å². The molecule has 0 amide bonds. The number of carbonyl (C=O) groups is 3. The Morgan fingerprint density at radius 2 is 0.706 bits per heavy atom. The van der Waals surface area contributed by atoms with Crippen LogP contribution < -0.4 is 98.8 Å². The fourth-order valence-corrected chi connectivity index (χ4v) is 0. The summed E-state index contributed by atoms with van der Waals surface area (Å²) in [7, 11) is 0. The zero-order valence-electron chi connectivity index (χ0n) is 9.38. The van der Waals surface area contributed by atoms with Gasteiger partial charge in [0.1, 0.15) is 0 Å². The molecule has 0 spiro atoms. The van der Waals surface area contributed by atoms with Gasteiger partial charge in [-0.1, -0.05) is 0 Å². The van der Waals surface area contributed by atoms with Crippen LogP contribution in [0.2, 0.25) is 0 Å². The third-order valence-corrected chi connectivity index (χ3v) is 0. The Balaban J connectivity index is -0.0000000152. The fourth-order valence-electron chi connectivity index (χ4n) is 0. The van der Waals surface area contributed by atoms with Gasteiger partial charge >= 0.3 is 122 Å². The van der Waals surface area contributed by atoms with Crippen LogP contribution in [0.15, 0.2) is 0 Å². The molecule has 0 atom stereocenters. The first-order valence-corrected chi connectivity index (χ1v) is 6.38. The van der Waals surface area contributed by atoms with Crippen LogP contribution in [0.25, 0.3) is 0 Å². The molecule has 10 nitrogen and oxygen atoms in total. The normalized spacial score (nSPS) is 5.59. The average molecular weight is 393 g/mol. The Kier molecular flexibility index (Phi) is 108. The Labute approximate surface area is 168 Å². The Morgan fingerprint density at radius 1 is 0.706 bits per heavy atom. The minimum atomic E-state index is -6.10. The van der Waals surface area contributed by atoms with Gasteiger partial charge in [0, 0.05) is 0 Å². The first-order chi connectivity index (χ1) is 6.24. The topological polar surface area (TPSA) is 198 Å². The summed E-state index contributed by atoms with van der Waals surface area (Å²) in [5.41, 5.74) is 0. The Hall–Kier alpha value is 1.91. The molecule has 0 aromatic heterocycles. The van der Waals surface area contributed by atoms with Gasteiger partial charge in [-0.05, 0) is 0 Å². The van der Waals surface area contributed by atoms with E-state index < -0.39 is 20.1 Å². The fraction of sp³-hybridized carbons (Fsp3) is 0. The number of hydrogen-bond donors (Lipinski definition) is 3. The number of rotatable bonds is 0. The van der Waals surface area contributed by atoms with E-state index in [1.54, 1.807) is 0 Å². The summed E-state index contributed by atoms with van der Waals surface area (Å²) in [5.74, 6) is 0. The maximum atomic E-state index is 8.64. The summed E-state index contributed by atoms with van der Waals surface area (Å²) >= 11 is -6.10. The molecule has 0 aromatic carbocycles. The van der Waals surface area contributed by atoms with E-state index in [0.29, 0.717) is 0 Å². The van der Waals surface area contributed by atoms with Crippen LogP contribution in [-0.4, -0.2) is 54.8 Å². The van der Waals surface area contributed by atoms with E-state index in [4.69, 9.17) is 42.9 Å². The first-order valence-electron chi connectivity index (χ1n) is 2.21. The molecule has 0 aromatic rings. The molecular weight excluding hydrogens is 387 g/mol. The molecule has 3 N–H and O–H groups in total. The third-order valence-electron chi connectivity index (χ3n) is 0. The molecule has 0 rings (SSSR count). The van der Waals surface area contributed by atoms with Gasteiger partial charge in [-0.2, -0.15) is 0 Å². The molecule has 0 fully saturated rings. The van der Waals surface area contributed by atoms with Crippen molar-refractivity contribution in [2.75, 3.05) is 0 Å². The van der Waals surface area contributed by atoms with Crippen LogP contribution in [0.4, 0.5) is 0 Å². The molecule has 0 unspecified atom stereocenters. The van der Waals surface area contributed by atoms with Crippen LogP contribution in [0.1, 0.15) is 0 Å². The van der Waals surface area contributed by atoms with Crippen LogP contribution in [0, 0.1) is 0 Å². The number of hydrogen-bond acceptors (Lipinski definition) is 7. The average Bonchev–Trinajstić information content (AvgIpc) is 1.86. The van der Waals surface area contributed by atoms with Gasteiger partial charge in [-0.3, -0.25) is 14.4 Å². The maximum absolute atomic E-state index is 8.64. The summed E-state index contributed by atoms with van der Waals surface area (Å²) < 4.78 is 34.6. The molecule has 17 heavy (non-hydrogen) atoms. The van der Waals surface area contributed by atoms with Gasteiger partial charge < -0.3 is 15.3 Å². The van der Waals surface area contributed by atoms with Crippen LogP contribution >= 0.6 is 0 Å². The van der Waals surface area contributed by atoms with Gasteiger partial charge in [0.2, 0.25) is 0 Å². The van der Waals surface area contributed by atoms with E-state index in [9.17, 15) is 0 Å². The predicted octanol–water partition coefficient (Wildman–Crippen LogP) is -14.0. The van der Waals surface area contributed by atoms with Crippen LogP contribution in [0.3, 0.4) is 0 Å². The Morgan fingerprint density at radius 3 is 0.706 bits per heavy atom. The third kappa shape index (κ3) is 1240. The van der Waals surface area contributed by atoms with E-state index in [2.05, 4.69) is 0 Å².